The first-order valence-electron chi connectivity index (χ1n) is 16.9. The van der Waals surface area contributed by atoms with Crippen molar-refractivity contribution in [3.63, 3.8) is 0 Å². The van der Waals surface area contributed by atoms with Crippen LogP contribution in [-0.4, -0.2) is 16.8 Å². The SMILES string of the molecule is CC(C)(C)c1ccc([C@@H]2CC(=O)C3=C(C2)Nc2ccccc2N(C(=O)c2cccs2)[C@@H]3c2cc(C(C)(C)C)c(O)c(C(C)(C)C)c2)cc1. The average molecular weight is 661 g/mol. The Morgan fingerprint density at radius 3 is 1.98 bits per heavy atom. The minimum absolute atomic E-state index is 0.000202. The number of thiophene rings is 1. The molecular weight excluding hydrogens is 613 g/mol. The minimum Gasteiger partial charge on any atom is -0.507 e. The molecule has 0 saturated carbocycles. The minimum atomic E-state index is -0.703. The van der Waals surface area contributed by atoms with Crippen LogP contribution in [-0.2, 0) is 21.0 Å². The van der Waals surface area contributed by atoms with Crippen LogP contribution in [0.5, 0.6) is 5.75 Å². The number of anilines is 2. The summed E-state index contributed by atoms with van der Waals surface area (Å²) in [5.41, 5.74) is 7.04. The summed E-state index contributed by atoms with van der Waals surface area (Å²) in [5, 5.41) is 17.3. The molecule has 48 heavy (non-hydrogen) atoms. The molecule has 2 heterocycles. The number of ketones is 1. The van der Waals surface area contributed by atoms with Gasteiger partial charge < -0.3 is 10.4 Å². The number of phenolic OH excluding ortho intramolecular Hbond substituents is 1. The molecular formula is C42H48N2O3S. The van der Waals surface area contributed by atoms with Crippen LogP contribution in [0, 0.1) is 0 Å². The molecule has 6 rings (SSSR count). The number of para-hydroxylation sites is 2. The standard InChI is InChI=1S/C42H48N2O3S/c1-40(2,3)28-18-16-25(17-19-28)26-23-32-36(34(45)24-26)37(27-21-29(41(4,5)6)38(46)30(22-27)42(7,8)9)44(39(47)35-15-12-20-48-35)33-14-11-10-13-31(33)43-32/h10-22,26,37,43,46H,23-24H2,1-9H3/t26-,37+/m0/s1. The predicted octanol–water partition coefficient (Wildman–Crippen LogP) is 10.6. The third-order valence-electron chi connectivity index (χ3n) is 9.75. The third-order valence-corrected chi connectivity index (χ3v) is 10.6. The summed E-state index contributed by atoms with van der Waals surface area (Å²) in [4.78, 5) is 31.8. The van der Waals surface area contributed by atoms with Gasteiger partial charge in [-0.15, -0.1) is 11.3 Å². The molecule has 0 saturated heterocycles. The molecule has 0 radical (unpaired) electrons. The van der Waals surface area contributed by atoms with Gasteiger partial charge in [-0.05, 0) is 92.1 Å². The Morgan fingerprint density at radius 2 is 1.42 bits per heavy atom. The molecule has 250 valence electrons. The lowest BCUT2D eigenvalue weighted by atomic mass is 9.74. The maximum atomic E-state index is 14.7. The number of carbonyl (C=O) groups is 2. The molecule has 1 aliphatic heterocycles. The number of rotatable bonds is 3. The van der Waals surface area contributed by atoms with Crippen molar-refractivity contribution in [3.8, 4) is 5.75 Å². The number of phenols is 1. The first-order valence-corrected chi connectivity index (χ1v) is 17.8. The molecule has 2 atom stereocenters. The first-order chi connectivity index (χ1) is 22.4. The van der Waals surface area contributed by atoms with Crippen LogP contribution in [0.25, 0.3) is 0 Å². The highest BCUT2D eigenvalue weighted by molar-refractivity contribution is 7.12. The molecule has 2 N–H and O–H groups in total. The van der Waals surface area contributed by atoms with E-state index in [2.05, 4.69) is 91.9 Å². The van der Waals surface area contributed by atoms with Gasteiger partial charge in [-0.25, -0.2) is 0 Å². The fourth-order valence-corrected chi connectivity index (χ4v) is 7.76. The number of allylic oxidation sites excluding steroid dienone is 1. The molecule has 5 nitrogen and oxygen atoms in total. The molecule has 1 aromatic heterocycles. The van der Waals surface area contributed by atoms with E-state index in [1.54, 1.807) is 0 Å². The first kappa shape index (κ1) is 33.7. The number of Topliss-reactive ketones (excluding diaryl/α,β-unsaturated/α-hetero) is 1. The Hall–Kier alpha value is -4.16. The molecule has 1 amide bonds. The van der Waals surface area contributed by atoms with Crippen molar-refractivity contribution in [3.05, 3.63) is 122 Å². The van der Waals surface area contributed by atoms with E-state index in [4.69, 9.17) is 0 Å². The number of benzene rings is 3. The molecule has 2 aliphatic rings. The average Bonchev–Trinajstić information content (AvgIpc) is 3.50. The summed E-state index contributed by atoms with van der Waals surface area (Å²) in [5.74, 6) is 0.136. The van der Waals surface area contributed by atoms with Crippen molar-refractivity contribution >= 4 is 34.4 Å². The van der Waals surface area contributed by atoms with E-state index in [0.29, 0.717) is 23.3 Å². The van der Waals surface area contributed by atoms with E-state index in [1.165, 1.54) is 16.9 Å². The van der Waals surface area contributed by atoms with Crippen LogP contribution in [0.4, 0.5) is 11.4 Å². The highest BCUT2D eigenvalue weighted by Crippen LogP contribution is 2.50. The lowest BCUT2D eigenvalue weighted by Crippen LogP contribution is -2.38. The topological polar surface area (TPSA) is 69.6 Å². The number of nitrogens with zero attached hydrogens (tertiary/aromatic N) is 1. The Bertz CT molecular complexity index is 1860. The van der Waals surface area contributed by atoms with Crippen LogP contribution in [0.2, 0.25) is 0 Å². The quantitative estimate of drug-likeness (QED) is 0.229. The zero-order chi connectivity index (χ0) is 34.8. The smallest absolute Gasteiger partial charge is 0.269 e. The number of nitrogens with one attached hydrogen (secondary N) is 1. The lowest BCUT2D eigenvalue weighted by molar-refractivity contribution is -0.116. The fourth-order valence-electron chi connectivity index (χ4n) is 7.10. The number of amides is 1. The number of aromatic hydroxyl groups is 1. The van der Waals surface area contributed by atoms with Crippen LogP contribution in [0.15, 0.2) is 89.4 Å². The summed E-state index contributed by atoms with van der Waals surface area (Å²) in [6, 6.07) is 23.6. The van der Waals surface area contributed by atoms with Crippen LogP contribution in [0.1, 0.15) is 125 Å². The summed E-state index contributed by atoms with van der Waals surface area (Å²) in [6.45, 7) is 19.1. The van der Waals surface area contributed by atoms with Crippen LogP contribution < -0.4 is 10.2 Å². The van der Waals surface area contributed by atoms with Crippen molar-refractivity contribution in [2.75, 3.05) is 10.2 Å². The molecule has 0 bridgehead atoms. The highest BCUT2D eigenvalue weighted by atomic mass is 32.1. The molecule has 6 heteroatoms. The normalized spacial score (nSPS) is 18.6. The van der Waals surface area contributed by atoms with E-state index in [9.17, 15) is 14.7 Å². The largest absolute Gasteiger partial charge is 0.507 e. The molecule has 0 spiro atoms. The summed E-state index contributed by atoms with van der Waals surface area (Å²) < 4.78 is 0. The van der Waals surface area contributed by atoms with Gasteiger partial charge in [0.1, 0.15) is 5.75 Å². The zero-order valence-corrected chi connectivity index (χ0v) is 30.5. The fraction of sp³-hybridized carbons (Fsp3) is 0.381. The number of fused-ring (bicyclic) bond motifs is 1. The maximum Gasteiger partial charge on any atom is 0.269 e. The predicted molar refractivity (Wildman–Crippen MR) is 199 cm³/mol. The van der Waals surface area contributed by atoms with Crippen LogP contribution >= 0.6 is 11.3 Å². The van der Waals surface area contributed by atoms with Gasteiger partial charge in [-0.3, -0.25) is 14.5 Å². The van der Waals surface area contributed by atoms with E-state index in [-0.39, 0.29) is 39.6 Å². The van der Waals surface area contributed by atoms with Gasteiger partial charge in [-0.2, -0.15) is 0 Å². The lowest BCUT2D eigenvalue weighted by Gasteiger charge is -2.37. The van der Waals surface area contributed by atoms with Crippen molar-refractivity contribution in [1.29, 1.82) is 0 Å². The molecule has 4 aromatic rings. The summed E-state index contributed by atoms with van der Waals surface area (Å²) in [7, 11) is 0. The Labute approximate surface area is 289 Å². The van der Waals surface area contributed by atoms with Crippen molar-refractivity contribution < 1.29 is 14.7 Å². The Balaban J connectivity index is 1.61. The summed E-state index contributed by atoms with van der Waals surface area (Å²) >= 11 is 1.40. The monoisotopic (exact) mass is 660 g/mol. The second kappa shape index (κ2) is 12.1. The molecule has 1 aliphatic carbocycles. The van der Waals surface area contributed by atoms with E-state index in [1.807, 2.05) is 58.8 Å². The maximum absolute atomic E-state index is 14.7. The van der Waals surface area contributed by atoms with Gasteiger partial charge in [-0.1, -0.05) is 105 Å². The van der Waals surface area contributed by atoms with Crippen molar-refractivity contribution in [1.82, 2.24) is 0 Å². The zero-order valence-electron chi connectivity index (χ0n) is 29.7. The molecule has 0 unspecified atom stereocenters. The number of hydrogen-bond donors (Lipinski definition) is 2. The van der Waals surface area contributed by atoms with Gasteiger partial charge in [0.2, 0.25) is 0 Å². The van der Waals surface area contributed by atoms with Crippen molar-refractivity contribution in [2.24, 2.45) is 0 Å². The summed E-state index contributed by atoms with van der Waals surface area (Å²) in [6.07, 6.45) is 0.984. The van der Waals surface area contributed by atoms with E-state index < -0.39 is 6.04 Å². The number of carbonyl (C=O) groups excluding carboxylic acids is 2. The highest BCUT2D eigenvalue weighted by Gasteiger charge is 2.43. The van der Waals surface area contributed by atoms with Crippen LogP contribution in [0.3, 0.4) is 0 Å². The Morgan fingerprint density at radius 1 is 0.792 bits per heavy atom. The second-order valence-electron chi connectivity index (χ2n) is 16.5. The van der Waals surface area contributed by atoms with Gasteiger partial charge in [0.25, 0.3) is 5.91 Å². The van der Waals surface area contributed by atoms with Gasteiger partial charge in [0.05, 0.1) is 22.3 Å². The number of hydrogen-bond acceptors (Lipinski definition) is 5. The van der Waals surface area contributed by atoms with E-state index >= 15 is 0 Å². The van der Waals surface area contributed by atoms with Gasteiger partial charge >= 0.3 is 0 Å². The Kier molecular flexibility index (Phi) is 8.48. The van der Waals surface area contributed by atoms with E-state index in [0.717, 1.165) is 39.3 Å². The van der Waals surface area contributed by atoms with Crippen molar-refractivity contribution in [2.45, 2.75) is 103 Å². The third kappa shape index (κ3) is 6.23. The molecule has 3 aromatic carbocycles. The van der Waals surface area contributed by atoms with Gasteiger partial charge in [0, 0.05) is 17.7 Å². The van der Waals surface area contributed by atoms with Gasteiger partial charge in [0.15, 0.2) is 5.78 Å². The molecule has 0 fully saturated rings. The second-order valence-corrected chi connectivity index (χ2v) is 17.4.